The van der Waals surface area contributed by atoms with Crippen molar-refractivity contribution in [2.75, 3.05) is 11.9 Å². The number of nitrogens with zero attached hydrogens (tertiary/aromatic N) is 2. The van der Waals surface area contributed by atoms with Crippen molar-refractivity contribution in [3.05, 3.63) is 22.7 Å². The molecule has 5 heteroatoms. The zero-order valence-corrected chi connectivity index (χ0v) is 10.1. The Morgan fingerprint density at radius 1 is 1.56 bits per heavy atom. The van der Waals surface area contributed by atoms with Crippen molar-refractivity contribution >= 4 is 5.82 Å². The molecule has 0 saturated carbocycles. The van der Waals surface area contributed by atoms with Gasteiger partial charge in [0, 0.05) is 31.0 Å². The third kappa shape index (κ3) is 3.06. The second kappa shape index (κ2) is 5.65. The summed E-state index contributed by atoms with van der Waals surface area (Å²) < 4.78 is 1.65. The van der Waals surface area contributed by atoms with E-state index in [1.54, 1.807) is 17.0 Å². The maximum absolute atomic E-state index is 11.9. The molecular weight excluding hydrogens is 204 g/mol. The van der Waals surface area contributed by atoms with E-state index in [4.69, 9.17) is 5.73 Å². The SMILES string of the molecule is CCC(N)CNc1nccn(C(C)C)c1=O. The van der Waals surface area contributed by atoms with Gasteiger partial charge < -0.3 is 15.6 Å². The minimum atomic E-state index is -0.0965. The maximum atomic E-state index is 11.9. The molecular formula is C11H20N4O. The van der Waals surface area contributed by atoms with Gasteiger partial charge >= 0.3 is 0 Å². The largest absolute Gasteiger partial charge is 0.364 e. The normalized spacial score (nSPS) is 12.8. The molecule has 0 spiro atoms. The average Bonchev–Trinajstić information content (AvgIpc) is 2.26. The number of hydrogen-bond donors (Lipinski definition) is 2. The van der Waals surface area contributed by atoms with Crippen LogP contribution in [0.4, 0.5) is 5.82 Å². The summed E-state index contributed by atoms with van der Waals surface area (Å²) in [6, 6.07) is 0.185. The molecule has 0 amide bonds. The summed E-state index contributed by atoms with van der Waals surface area (Å²) in [6.45, 7) is 6.50. The lowest BCUT2D eigenvalue weighted by molar-refractivity contribution is 0.574. The van der Waals surface area contributed by atoms with Crippen LogP contribution in [0.2, 0.25) is 0 Å². The second-order valence-electron chi connectivity index (χ2n) is 4.13. The Kier molecular flexibility index (Phi) is 4.49. The van der Waals surface area contributed by atoms with Crippen molar-refractivity contribution in [1.29, 1.82) is 0 Å². The first-order valence-electron chi connectivity index (χ1n) is 5.62. The van der Waals surface area contributed by atoms with Gasteiger partial charge in [0.05, 0.1) is 0 Å². The van der Waals surface area contributed by atoms with Crippen molar-refractivity contribution in [3.63, 3.8) is 0 Å². The Labute approximate surface area is 95.7 Å². The molecule has 0 fully saturated rings. The van der Waals surface area contributed by atoms with Crippen LogP contribution in [0.25, 0.3) is 0 Å². The molecule has 1 unspecified atom stereocenters. The zero-order chi connectivity index (χ0) is 12.1. The lowest BCUT2D eigenvalue weighted by atomic mass is 10.2. The third-order valence-electron chi connectivity index (χ3n) is 2.48. The van der Waals surface area contributed by atoms with Gasteiger partial charge in [-0.2, -0.15) is 0 Å². The molecule has 1 rings (SSSR count). The molecule has 1 aromatic heterocycles. The molecule has 0 aliphatic carbocycles. The van der Waals surface area contributed by atoms with Gasteiger partial charge in [0.2, 0.25) is 0 Å². The Balaban J connectivity index is 2.82. The van der Waals surface area contributed by atoms with Crippen molar-refractivity contribution in [2.24, 2.45) is 5.73 Å². The molecule has 1 heterocycles. The topological polar surface area (TPSA) is 72.9 Å². The molecule has 0 bridgehead atoms. The molecule has 0 aliphatic rings. The van der Waals surface area contributed by atoms with Crippen molar-refractivity contribution in [1.82, 2.24) is 9.55 Å². The first-order chi connectivity index (χ1) is 7.56. The van der Waals surface area contributed by atoms with Gasteiger partial charge in [0.15, 0.2) is 5.82 Å². The number of hydrogen-bond acceptors (Lipinski definition) is 4. The van der Waals surface area contributed by atoms with Crippen LogP contribution in [0, 0.1) is 0 Å². The first-order valence-corrected chi connectivity index (χ1v) is 5.62. The van der Waals surface area contributed by atoms with Crippen molar-refractivity contribution in [2.45, 2.75) is 39.3 Å². The molecule has 5 nitrogen and oxygen atoms in total. The Hall–Kier alpha value is -1.36. The van der Waals surface area contributed by atoms with Crippen LogP contribution in [0.3, 0.4) is 0 Å². The van der Waals surface area contributed by atoms with E-state index in [0.29, 0.717) is 12.4 Å². The maximum Gasteiger partial charge on any atom is 0.293 e. The summed E-state index contributed by atoms with van der Waals surface area (Å²) in [7, 11) is 0. The lowest BCUT2D eigenvalue weighted by Crippen LogP contribution is -2.32. The lowest BCUT2D eigenvalue weighted by Gasteiger charge is -2.13. The molecule has 3 N–H and O–H groups in total. The van der Waals surface area contributed by atoms with Gasteiger partial charge in [0.25, 0.3) is 5.56 Å². The first kappa shape index (κ1) is 12.7. The van der Waals surface area contributed by atoms with E-state index in [2.05, 4.69) is 10.3 Å². The second-order valence-corrected chi connectivity index (χ2v) is 4.13. The van der Waals surface area contributed by atoms with E-state index in [9.17, 15) is 4.79 Å². The van der Waals surface area contributed by atoms with E-state index in [1.165, 1.54) is 0 Å². The van der Waals surface area contributed by atoms with E-state index in [0.717, 1.165) is 6.42 Å². The van der Waals surface area contributed by atoms with Gasteiger partial charge in [-0.15, -0.1) is 0 Å². The number of anilines is 1. The summed E-state index contributed by atoms with van der Waals surface area (Å²) in [5.41, 5.74) is 5.67. The quantitative estimate of drug-likeness (QED) is 0.781. The van der Waals surface area contributed by atoms with Gasteiger partial charge in [-0.3, -0.25) is 4.79 Å². The number of rotatable bonds is 5. The Bertz CT molecular complexity index is 386. The fraction of sp³-hybridized carbons (Fsp3) is 0.636. The minimum Gasteiger partial charge on any atom is -0.364 e. The monoisotopic (exact) mass is 224 g/mol. The van der Waals surface area contributed by atoms with E-state index in [1.807, 2.05) is 20.8 Å². The highest BCUT2D eigenvalue weighted by atomic mass is 16.1. The molecule has 0 aliphatic heterocycles. The average molecular weight is 224 g/mol. The number of nitrogens with two attached hydrogens (primary N) is 1. The standard InChI is InChI=1S/C11H20N4O/c1-4-9(12)7-14-10-11(16)15(8(2)3)6-5-13-10/h5-6,8-9H,4,7,12H2,1-3H3,(H,13,14). The van der Waals surface area contributed by atoms with Crippen molar-refractivity contribution < 1.29 is 0 Å². The fourth-order valence-electron chi connectivity index (χ4n) is 1.32. The van der Waals surface area contributed by atoms with E-state index < -0.39 is 0 Å². The molecule has 0 aromatic carbocycles. The number of nitrogens with one attached hydrogen (secondary N) is 1. The van der Waals surface area contributed by atoms with Gasteiger partial charge in [-0.25, -0.2) is 4.98 Å². The van der Waals surface area contributed by atoms with Crippen molar-refractivity contribution in [3.8, 4) is 0 Å². The minimum absolute atomic E-state index is 0.0499. The molecule has 1 atom stereocenters. The fourth-order valence-corrected chi connectivity index (χ4v) is 1.32. The van der Waals surface area contributed by atoms with Crippen LogP contribution in [-0.2, 0) is 0 Å². The van der Waals surface area contributed by atoms with Crippen LogP contribution in [-0.4, -0.2) is 22.1 Å². The molecule has 0 saturated heterocycles. The summed E-state index contributed by atoms with van der Waals surface area (Å²) >= 11 is 0. The molecule has 16 heavy (non-hydrogen) atoms. The Morgan fingerprint density at radius 3 is 2.81 bits per heavy atom. The Morgan fingerprint density at radius 2 is 2.25 bits per heavy atom. The van der Waals surface area contributed by atoms with Crippen LogP contribution < -0.4 is 16.6 Å². The highest BCUT2D eigenvalue weighted by Gasteiger charge is 2.07. The summed E-state index contributed by atoms with van der Waals surface area (Å²) in [5.74, 6) is 0.375. The number of aromatic nitrogens is 2. The summed E-state index contributed by atoms with van der Waals surface area (Å²) in [6.07, 6.45) is 4.19. The summed E-state index contributed by atoms with van der Waals surface area (Å²) in [4.78, 5) is 15.9. The predicted molar refractivity (Wildman–Crippen MR) is 65.6 cm³/mol. The highest BCUT2D eigenvalue weighted by molar-refractivity contribution is 5.31. The van der Waals surface area contributed by atoms with Gasteiger partial charge in [0.1, 0.15) is 0 Å². The zero-order valence-electron chi connectivity index (χ0n) is 10.1. The van der Waals surface area contributed by atoms with Gasteiger partial charge in [-0.05, 0) is 20.3 Å². The van der Waals surface area contributed by atoms with Gasteiger partial charge in [-0.1, -0.05) is 6.92 Å². The molecule has 1 aromatic rings. The molecule has 90 valence electrons. The summed E-state index contributed by atoms with van der Waals surface area (Å²) in [5, 5.41) is 2.99. The van der Waals surface area contributed by atoms with E-state index >= 15 is 0 Å². The van der Waals surface area contributed by atoms with Crippen LogP contribution >= 0.6 is 0 Å². The third-order valence-corrected chi connectivity index (χ3v) is 2.48. The van der Waals surface area contributed by atoms with Crippen LogP contribution in [0.1, 0.15) is 33.2 Å². The predicted octanol–water partition coefficient (Wildman–Crippen LogP) is 0.973. The molecule has 0 radical (unpaired) electrons. The van der Waals surface area contributed by atoms with E-state index in [-0.39, 0.29) is 17.6 Å². The highest BCUT2D eigenvalue weighted by Crippen LogP contribution is 2.01. The van der Waals surface area contributed by atoms with Crippen LogP contribution in [0.5, 0.6) is 0 Å². The van der Waals surface area contributed by atoms with Crippen LogP contribution in [0.15, 0.2) is 17.2 Å². The smallest absolute Gasteiger partial charge is 0.293 e.